The van der Waals surface area contributed by atoms with Gasteiger partial charge in [0, 0.05) is 11.8 Å². The Morgan fingerprint density at radius 2 is 2.18 bits per heavy atom. The molecule has 0 unspecified atom stereocenters. The van der Waals surface area contributed by atoms with Crippen LogP contribution in [0, 0.1) is 0 Å². The van der Waals surface area contributed by atoms with Gasteiger partial charge < -0.3 is 10.4 Å². The summed E-state index contributed by atoms with van der Waals surface area (Å²) in [7, 11) is 0. The van der Waals surface area contributed by atoms with E-state index in [1.54, 1.807) is 24.4 Å². The van der Waals surface area contributed by atoms with Crippen molar-refractivity contribution in [1.82, 2.24) is 20.2 Å². The summed E-state index contributed by atoms with van der Waals surface area (Å²) in [6.07, 6.45) is 3.10. The monoisotopic (exact) mass is 227 g/mol. The van der Waals surface area contributed by atoms with Crippen molar-refractivity contribution >= 4 is 22.5 Å². The number of hydrogen-bond acceptors (Lipinski definition) is 5. The fourth-order valence-corrected chi connectivity index (χ4v) is 1.58. The summed E-state index contributed by atoms with van der Waals surface area (Å²) < 4.78 is 0. The summed E-state index contributed by atoms with van der Waals surface area (Å²) in [5.41, 5.74) is 1.42. The number of aromatic nitrogens is 4. The third-order valence-corrected chi connectivity index (χ3v) is 2.36. The number of rotatable bonds is 2. The molecular weight excluding hydrogens is 218 g/mol. The van der Waals surface area contributed by atoms with Gasteiger partial charge in [-0.3, -0.25) is 5.10 Å². The molecule has 3 N–H and O–H groups in total. The zero-order valence-electron chi connectivity index (χ0n) is 8.75. The third kappa shape index (κ3) is 1.76. The van der Waals surface area contributed by atoms with Crippen molar-refractivity contribution in [1.29, 1.82) is 0 Å². The second-order valence-electron chi connectivity index (χ2n) is 3.53. The average molecular weight is 227 g/mol. The number of nitrogens with one attached hydrogen (secondary N) is 2. The van der Waals surface area contributed by atoms with Crippen LogP contribution in [-0.4, -0.2) is 25.3 Å². The maximum absolute atomic E-state index is 9.37. The van der Waals surface area contributed by atoms with E-state index >= 15 is 0 Å². The number of benzene rings is 1. The van der Waals surface area contributed by atoms with Crippen molar-refractivity contribution < 1.29 is 5.11 Å². The summed E-state index contributed by atoms with van der Waals surface area (Å²) in [6, 6.07) is 6.83. The lowest BCUT2D eigenvalue weighted by molar-refractivity contribution is 0.475. The third-order valence-electron chi connectivity index (χ3n) is 2.36. The van der Waals surface area contributed by atoms with E-state index in [0.29, 0.717) is 11.5 Å². The number of phenols is 1. The molecule has 0 aliphatic heterocycles. The Kier molecular flexibility index (Phi) is 2.11. The van der Waals surface area contributed by atoms with Crippen LogP contribution < -0.4 is 5.32 Å². The lowest BCUT2D eigenvalue weighted by Gasteiger charge is -2.05. The number of aromatic amines is 1. The lowest BCUT2D eigenvalue weighted by Crippen LogP contribution is -1.94. The van der Waals surface area contributed by atoms with E-state index in [2.05, 4.69) is 25.5 Å². The Morgan fingerprint density at radius 3 is 3.06 bits per heavy atom. The first-order valence-corrected chi connectivity index (χ1v) is 5.03. The lowest BCUT2D eigenvalue weighted by atomic mass is 10.3. The zero-order chi connectivity index (χ0) is 11.7. The molecule has 1 aromatic carbocycles. The van der Waals surface area contributed by atoms with E-state index in [4.69, 9.17) is 0 Å². The summed E-state index contributed by atoms with van der Waals surface area (Å²) >= 11 is 0. The van der Waals surface area contributed by atoms with Gasteiger partial charge in [0.25, 0.3) is 0 Å². The molecule has 0 aliphatic rings. The first kappa shape index (κ1) is 9.59. The highest BCUT2D eigenvalue weighted by atomic mass is 16.3. The molecule has 3 rings (SSSR count). The zero-order valence-corrected chi connectivity index (χ0v) is 8.75. The van der Waals surface area contributed by atoms with Gasteiger partial charge in [0.1, 0.15) is 17.9 Å². The van der Waals surface area contributed by atoms with Gasteiger partial charge in [0.15, 0.2) is 5.65 Å². The quantitative estimate of drug-likeness (QED) is 0.621. The number of H-pyrrole nitrogens is 1. The Balaban J connectivity index is 2.02. The summed E-state index contributed by atoms with van der Waals surface area (Å²) in [4.78, 5) is 8.18. The van der Waals surface area contributed by atoms with Gasteiger partial charge in [0.2, 0.25) is 0 Å². The van der Waals surface area contributed by atoms with Gasteiger partial charge in [-0.25, -0.2) is 9.97 Å². The van der Waals surface area contributed by atoms with Gasteiger partial charge in [0.05, 0.1) is 11.6 Å². The van der Waals surface area contributed by atoms with E-state index in [0.717, 1.165) is 11.1 Å². The molecule has 3 aromatic rings. The van der Waals surface area contributed by atoms with Crippen molar-refractivity contribution in [2.75, 3.05) is 5.32 Å². The van der Waals surface area contributed by atoms with Crippen molar-refractivity contribution in [3.05, 3.63) is 36.8 Å². The van der Waals surface area contributed by atoms with E-state index in [1.807, 2.05) is 6.07 Å². The summed E-state index contributed by atoms with van der Waals surface area (Å²) in [5.74, 6) is 0.849. The number of phenolic OH excluding ortho intramolecular Hbond substituents is 1. The Morgan fingerprint density at radius 1 is 1.24 bits per heavy atom. The van der Waals surface area contributed by atoms with Crippen LogP contribution in [0.2, 0.25) is 0 Å². The molecule has 0 bridgehead atoms. The van der Waals surface area contributed by atoms with Crippen LogP contribution in [0.1, 0.15) is 0 Å². The van der Waals surface area contributed by atoms with Gasteiger partial charge in [-0.1, -0.05) is 6.07 Å². The minimum absolute atomic E-state index is 0.201. The highest BCUT2D eigenvalue weighted by molar-refractivity contribution is 5.87. The largest absolute Gasteiger partial charge is 0.508 e. The standard InChI is InChI=1S/C11H9N5O/c17-8-3-1-2-7(4-8)15-10-9-5-14-16-11(9)13-6-12-10/h1-6,17H,(H2,12,13,14,15,16). The van der Waals surface area contributed by atoms with Crippen molar-refractivity contribution in [2.45, 2.75) is 0 Å². The van der Waals surface area contributed by atoms with Crippen molar-refractivity contribution in [2.24, 2.45) is 0 Å². The van der Waals surface area contributed by atoms with Crippen LogP contribution in [0.15, 0.2) is 36.8 Å². The van der Waals surface area contributed by atoms with E-state index in [1.165, 1.54) is 6.33 Å². The average Bonchev–Trinajstić information content (AvgIpc) is 2.78. The molecule has 2 aromatic heterocycles. The highest BCUT2D eigenvalue weighted by Gasteiger charge is 2.05. The number of aromatic hydroxyl groups is 1. The fourth-order valence-electron chi connectivity index (χ4n) is 1.58. The number of anilines is 2. The van der Waals surface area contributed by atoms with E-state index in [9.17, 15) is 5.11 Å². The summed E-state index contributed by atoms with van der Waals surface area (Å²) in [6.45, 7) is 0. The van der Waals surface area contributed by atoms with E-state index in [-0.39, 0.29) is 5.75 Å². The minimum atomic E-state index is 0.201. The van der Waals surface area contributed by atoms with Crippen molar-refractivity contribution in [3.63, 3.8) is 0 Å². The van der Waals surface area contributed by atoms with Gasteiger partial charge in [-0.2, -0.15) is 5.10 Å². The van der Waals surface area contributed by atoms with Crippen LogP contribution in [0.4, 0.5) is 11.5 Å². The first-order valence-electron chi connectivity index (χ1n) is 5.03. The molecule has 0 radical (unpaired) electrons. The van der Waals surface area contributed by atoms with Crippen LogP contribution in [0.5, 0.6) is 5.75 Å². The minimum Gasteiger partial charge on any atom is -0.508 e. The Labute approximate surface area is 96.4 Å². The second-order valence-corrected chi connectivity index (χ2v) is 3.53. The molecule has 2 heterocycles. The first-order chi connectivity index (χ1) is 8.33. The molecule has 0 fully saturated rings. The van der Waals surface area contributed by atoms with Crippen LogP contribution in [-0.2, 0) is 0 Å². The van der Waals surface area contributed by atoms with Crippen LogP contribution in [0.25, 0.3) is 11.0 Å². The van der Waals surface area contributed by atoms with Crippen LogP contribution in [0.3, 0.4) is 0 Å². The number of fused-ring (bicyclic) bond motifs is 1. The predicted octanol–water partition coefficient (Wildman–Crippen LogP) is 1.80. The molecule has 6 heteroatoms. The molecule has 84 valence electrons. The molecule has 0 amide bonds. The van der Waals surface area contributed by atoms with Crippen molar-refractivity contribution in [3.8, 4) is 5.75 Å². The van der Waals surface area contributed by atoms with Gasteiger partial charge >= 0.3 is 0 Å². The smallest absolute Gasteiger partial charge is 0.160 e. The molecule has 0 saturated heterocycles. The topological polar surface area (TPSA) is 86.7 Å². The molecule has 6 nitrogen and oxygen atoms in total. The maximum Gasteiger partial charge on any atom is 0.160 e. The van der Waals surface area contributed by atoms with E-state index < -0.39 is 0 Å². The molecule has 0 atom stereocenters. The second kappa shape index (κ2) is 3.75. The molecule has 0 spiro atoms. The molecule has 0 aliphatic carbocycles. The fraction of sp³-hybridized carbons (Fsp3) is 0. The normalized spacial score (nSPS) is 10.6. The predicted molar refractivity (Wildman–Crippen MR) is 63.1 cm³/mol. The SMILES string of the molecule is Oc1cccc(Nc2ncnc3[nH]ncc23)c1. The van der Waals surface area contributed by atoms with Crippen LogP contribution >= 0.6 is 0 Å². The maximum atomic E-state index is 9.37. The molecular formula is C11H9N5O. The number of nitrogens with zero attached hydrogens (tertiary/aromatic N) is 3. The highest BCUT2D eigenvalue weighted by Crippen LogP contribution is 2.23. The Hall–Kier alpha value is -2.63. The molecule has 0 saturated carbocycles. The van der Waals surface area contributed by atoms with Gasteiger partial charge in [-0.05, 0) is 12.1 Å². The Bertz CT molecular complexity index is 664. The molecule has 17 heavy (non-hydrogen) atoms. The van der Waals surface area contributed by atoms with Gasteiger partial charge in [-0.15, -0.1) is 0 Å². The number of hydrogen-bond donors (Lipinski definition) is 3. The summed E-state index contributed by atoms with van der Waals surface area (Å²) in [5, 5.41) is 19.9.